The summed E-state index contributed by atoms with van der Waals surface area (Å²) in [7, 11) is -3.75. The zero-order valence-electron chi connectivity index (χ0n) is 36.4. The number of ether oxygens (including phenoxy) is 3. The first kappa shape index (κ1) is 46.8. The molecule has 4 aliphatic rings. The highest BCUT2D eigenvalue weighted by molar-refractivity contribution is 7.53. The van der Waals surface area contributed by atoms with E-state index in [9.17, 15) is 24.4 Å². The molecule has 2 heterocycles. The summed E-state index contributed by atoms with van der Waals surface area (Å²) < 4.78 is 43.5. The lowest BCUT2D eigenvalue weighted by atomic mass is 9.43. The highest BCUT2D eigenvalue weighted by atomic mass is 31.2. The fourth-order valence-electron chi connectivity index (χ4n) is 11.6. The van der Waals surface area contributed by atoms with Gasteiger partial charge in [-0.2, -0.15) is 0 Å². The number of nitrogen functional groups attached to an aromatic ring is 1. The van der Waals surface area contributed by atoms with Gasteiger partial charge in [0.25, 0.3) is 0 Å². The van der Waals surface area contributed by atoms with Gasteiger partial charge in [0.15, 0.2) is 11.5 Å². The topological polar surface area (TPSA) is 233 Å². The summed E-state index contributed by atoms with van der Waals surface area (Å²) in [5, 5.41) is 22.0. The number of hydrogen-bond donors (Lipinski definition) is 4. The van der Waals surface area contributed by atoms with Gasteiger partial charge in [-0.3, -0.25) is 14.2 Å². The van der Waals surface area contributed by atoms with Gasteiger partial charge in [-0.25, -0.2) is 15.0 Å². The second-order valence-corrected chi connectivity index (χ2v) is 21.0. The average molecular weight is 863 g/mol. The van der Waals surface area contributed by atoms with E-state index in [0.717, 1.165) is 57.8 Å². The molecule has 60 heavy (non-hydrogen) atoms. The van der Waals surface area contributed by atoms with Gasteiger partial charge < -0.3 is 49.5 Å². The molecule has 2 aromatic rings. The van der Waals surface area contributed by atoms with Crippen LogP contribution in [0.5, 0.6) is 0 Å². The summed E-state index contributed by atoms with van der Waals surface area (Å²) in [5.74, 6) is 1.98. The number of anilines is 1. The number of carbonyl (C=O) groups excluding carboxylic acids is 2. The molecule has 0 radical (unpaired) electrons. The molecule has 6 rings (SSSR count). The molecule has 0 aliphatic heterocycles. The predicted molar refractivity (Wildman–Crippen MR) is 225 cm³/mol. The van der Waals surface area contributed by atoms with Gasteiger partial charge in [-0.15, -0.1) is 0 Å². The second kappa shape index (κ2) is 20.2. The first-order valence-electron chi connectivity index (χ1n) is 22.4. The third-order valence-corrected chi connectivity index (χ3v) is 16.7. The smallest absolute Gasteiger partial charge is 0.356 e. The third kappa shape index (κ3) is 10.5. The fourth-order valence-corrected chi connectivity index (χ4v) is 13.0. The quantitative estimate of drug-likeness (QED) is 0.0653. The van der Waals surface area contributed by atoms with Crippen LogP contribution in [-0.4, -0.2) is 99.3 Å². The standard InChI is InChI=1S/C43H71N6O10P/c1-27(2)37(44)41(53)57-18-7-20-59-60(54,26-55-21-16-49-25-48-38-39(45)46-24-47-40(38)49)58-19-6-17-56-35(52)11-8-28(3)31-9-10-32-36-33(13-15-43(31,32)5)42(4)14-12-30(50)22-29(42)23-34(36)51/h24-25,27-34,36-37,50-51H,6-23,26,44H2,1-5H3,(H2,45,46,47)/t28-,29+,30-,31-,32+,33+,34+,36+,37-,42+,43-,60?/m1/s1. The number of carbonyl (C=O) groups is 2. The van der Waals surface area contributed by atoms with Crippen molar-refractivity contribution in [1.29, 1.82) is 0 Å². The van der Waals surface area contributed by atoms with E-state index >= 15 is 0 Å². The zero-order chi connectivity index (χ0) is 43.2. The Balaban J connectivity index is 0.929. The van der Waals surface area contributed by atoms with E-state index in [4.69, 9.17) is 34.7 Å². The Bertz CT molecular complexity index is 1800. The van der Waals surface area contributed by atoms with Gasteiger partial charge in [0.05, 0.1) is 51.6 Å². The first-order valence-corrected chi connectivity index (χ1v) is 24.1. The zero-order valence-corrected chi connectivity index (χ0v) is 37.3. The summed E-state index contributed by atoms with van der Waals surface area (Å²) in [4.78, 5) is 37.5. The van der Waals surface area contributed by atoms with Gasteiger partial charge in [-0.05, 0) is 110 Å². The van der Waals surface area contributed by atoms with Crippen molar-refractivity contribution in [3.8, 4) is 0 Å². The number of nitrogens with two attached hydrogens (primary N) is 2. The van der Waals surface area contributed by atoms with Crippen molar-refractivity contribution < 1.29 is 47.6 Å². The van der Waals surface area contributed by atoms with Gasteiger partial charge in [-0.1, -0.05) is 34.6 Å². The van der Waals surface area contributed by atoms with E-state index in [0.29, 0.717) is 66.1 Å². The van der Waals surface area contributed by atoms with E-state index in [2.05, 4.69) is 35.7 Å². The van der Waals surface area contributed by atoms with Crippen LogP contribution in [-0.2, 0) is 44.0 Å². The largest absolute Gasteiger partial charge is 0.466 e. The van der Waals surface area contributed by atoms with E-state index in [1.54, 1.807) is 10.9 Å². The molecule has 2 aromatic heterocycles. The number of aliphatic hydroxyl groups excluding tert-OH is 2. The molecule has 4 fully saturated rings. The number of aromatic nitrogens is 4. The summed E-state index contributed by atoms with van der Waals surface area (Å²) in [5.41, 5.74) is 13.1. The molecule has 0 saturated heterocycles. The van der Waals surface area contributed by atoms with Crippen LogP contribution in [0.4, 0.5) is 5.82 Å². The molecule has 338 valence electrons. The summed E-state index contributed by atoms with van der Waals surface area (Å²) in [6.07, 6.45) is 11.8. The minimum Gasteiger partial charge on any atom is -0.466 e. The number of esters is 2. The molecule has 0 bridgehead atoms. The van der Waals surface area contributed by atoms with Crippen LogP contribution in [0, 0.1) is 52.3 Å². The van der Waals surface area contributed by atoms with Crippen LogP contribution in [0.25, 0.3) is 11.2 Å². The fraction of sp³-hybridized carbons (Fsp3) is 0.837. The average Bonchev–Trinajstić information content (AvgIpc) is 3.80. The molecule has 4 aliphatic carbocycles. The summed E-state index contributed by atoms with van der Waals surface area (Å²) in [6, 6.07) is -0.728. The Labute approximate surface area is 355 Å². The molecule has 0 aromatic carbocycles. The molecule has 0 amide bonds. The van der Waals surface area contributed by atoms with Crippen LogP contribution >= 0.6 is 7.60 Å². The van der Waals surface area contributed by atoms with E-state index in [-0.39, 0.29) is 86.5 Å². The number of rotatable bonds is 21. The second-order valence-electron chi connectivity index (χ2n) is 19.0. The van der Waals surface area contributed by atoms with Crippen molar-refractivity contribution in [3.05, 3.63) is 12.7 Å². The van der Waals surface area contributed by atoms with Crippen molar-refractivity contribution in [2.75, 3.05) is 45.1 Å². The molecule has 1 unspecified atom stereocenters. The maximum Gasteiger partial charge on any atom is 0.356 e. The molecule has 17 heteroatoms. The Morgan fingerprint density at radius 3 is 2.35 bits per heavy atom. The Hall–Kier alpha value is -2.72. The maximum absolute atomic E-state index is 13.8. The van der Waals surface area contributed by atoms with Crippen molar-refractivity contribution in [2.45, 2.75) is 136 Å². The number of imidazole rings is 1. The van der Waals surface area contributed by atoms with Crippen LogP contribution in [0.2, 0.25) is 0 Å². The number of hydrogen-bond acceptors (Lipinski definition) is 15. The monoisotopic (exact) mass is 862 g/mol. The minimum absolute atomic E-state index is 0.00613. The van der Waals surface area contributed by atoms with Gasteiger partial charge in [0, 0.05) is 25.8 Å². The number of fused-ring (bicyclic) bond motifs is 6. The highest BCUT2D eigenvalue weighted by Gasteiger charge is 2.62. The maximum atomic E-state index is 13.8. The lowest BCUT2D eigenvalue weighted by Gasteiger charge is -2.62. The molecule has 16 nitrogen and oxygen atoms in total. The third-order valence-electron chi connectivity index (χ3n) is 15.0. The van der Waals surface area contributed by atoms with Gasteiger partial charge in [0.1, 0.15) is 24.2 Å². The van der Waals surface area contributed by atoms with Crippen LogP contribution in [0.1, 0.15) is 112 Å². The van der Waals surface area contributed by atoms with E-state index < -0.39 is 19.6 Å². The summed E-state index contributed by atoms with van der Waals surface area (Å²) >= 11 is 0. The van der Waals surface area contributed by atoms with E-state index in [1.807, 2.05) is 13.8 Å². The Kier molecular flexibility index (Phi) is 15.7. The van der Waals surface area contributed by atoms with Crippen LogP contribution in [0.3, 0.4) is 0 Å². The lowest BCUT2D eigenvalue weighted by Crippen LogP contribution is -2.58. The Morgan fingerprint density at radius 1 is 0.917 bits per heavy atom. The minimum atomic E-state index is -3.75. The van der Waals surface area contributed by atoms with Crippen molar-refractivity contribution in [2.24, 2.45) is 58.0 Å². The normalized spacial score (nSPS) is 32.1. The van der Waals surface area contributed by atoms with E-state index in [1.165, 1.54) is 6.33 Å². The van der Waals surface area contributed by atoms with Crippen LogP contribution in [0.15, 0.2) is 12.7 Å². The van der Waals surface area contributed by atoms with Crippen molar-refractivity contribution >= 4 is 36.5 Å². The summed E-state index contributed by atoms with van der Waals surface area (Å²) in [6.45, 7) is 11.5. The Morgan fingerprint density at radius 2 is 1.62 bits per heavy atom. The van der Waals surface area contributed by atoms with Gasteiger partial charge >= 0.3 is 19.5 Å². The highest BCUT2D eigenvalue weighted by Crippen LogP contribution is 2.68. The number of aliphatic hydroxyl groups is 2. The first-order chi connectivity index (χ1) is 28.6. The van der Waals surface area contributed by atoms with Crippen molar-refractivity contribution in [1.82, 2.24) is 19.5 Å². The molecular formula is C43H71N6O10P. The van der Waals surface area contributed by atoms with Crippen molar-refractivity contribution in [3.63, 3.8) is 0 Å². The SMILES string of the molecule is CC(C)[C@@H](N)C(=O)OCCCOP(=O)(COCCn1cnc2c(N)ncnc21)OCCCOC(=O)CC[C@@H](C)[C@H]1CC[C@H]2[C@@H]3[C@@H](O)C[C@@H]4C[C@H](O)CC[C@]4(C)[C@H]3CC[C@]12C. The lowest BCUT2D eigenvalue weighted by molar-refractivity contribution is -0.174. The predicted octanol–water partition coefficient (Wildman–Crippen LogP) is 5.87. The van der Waals surface area contributed by atoms with Gasteiger partial charge in [0.2, 0.25) is 0 Å². The molecule has 0 spiro atoms. The molecular weight excluding hydrogens is 791 g/mol. The molecule has 12 atom stereocenters. The van der Waals surface area contributed by atoms with Crippen LogP contribution < -0.4 is 11.5 Å². The molecule has 4 saturated carbocycles. The number of nitrogens with zero attached hydrogens (tertiary/aromatic N) is 4. The molecule has 6 N–H and O–H groups in total.